The van der Waals surface area contributed by atoms with E-state index in [0.717, 1.165) is 39.0 Å². The number of hydrogen-bond donors (Lipinski definition) is 1. The average Bonchev–Trinajstić information content (AvgIpc) is 2.77. The van der Waals surface area contributed by atoms with Crippen LogP contribution in [0.1, 0.15) is 26.2 Å². The minimum atomic E-state index is 0.0878. The molecule has 0 radical (unpaired) electrons. The molecule has 2 aliphatic heterocycles. The first-order valence-electron chi connectivity index (χ1n) is 5.44. The Morgan fingerprint density at radius 2 is 2.14 bits per heavy atom. The van der Waals surface area contributed by atoms with Crippen LogP contribution in [-0.4, -0.2) is 42.8 Å². The van der Waals surface area contributed by atoms with Crippen molar-refractivity contribution >= 4 is 6.03 Å². The third-order valence-corrected chi connectivity index (χ3v) is 3.08. The lowest BCUT2D eigenvalue weighted by molar-refractivity contribution is 0.112. The maximum Gasteiger partial charge on any atom is 0.317 e. The molecular formula is C10H18N2O2. The van der Waals surface area contributed by atoms with Crippen LogP contribution < -0.4 is 5.32 Å². The zero-order valence-corrected chi connectivity index (χ0v) is 8.66. The zero-order chi connectivity index (χ0) is 9.97. The highest BCUT2D eigenvalue weighted by Gasteiger charge is 2.28. The average molecular weight is 198 g/mol. The van der Waals surface area contributed by atoms with Crippen LogP contribution in [0, 0.1) is 0 Å². The molecule has 2 fully saturated rings. The molecule has 14 heavy (non-hydrogen) atoms. The summed E-state index contributed by atoms with van der Waals surface area (Å²) in [6, 6.07) is 0.299. The molecule has 4 heteroatoms. The van der Waals surface area contributed by atoms with Crippen molar-refractivity contribution in [2.45, 2.75) is 38.3 Å². The lowest BCUT2D eigenvalue weighted by Gasteiger charge is -2.21. The molecule has 0 aliphatic carbocycles. The van der Waals surface area contributed by atoms with Gasteiger partial charge in [0.1, 0.15) is 0 Å². The van der Waals surface area contributed by atoms with Gasteiger partial charge in [-0.2, -0.15) is 0 Å². The van der Waals surface area contributed by atoms with Crippen LogP contribution in [0.3, 0.4) is 0 Å². The van der Waals surface area contributed by atoms with Crippen molar-refractivity contribution < 1.29 is 9.53 Å². The van der Waals surface area contributed by atoms with Gasteiger partial charge < -0.3 is 15.0 Å². The Kier molecular flexibility index (Phi) is 2.91. The second-order valence-electron chi connectivity index (χ2n) is 4.11. The van der Waals surface area contributed by atoms with E-state index < -0.39 is 0 Å². The Morgan fingerprint density at radius 3 is 2.71 bits per heavy atom. The van der Waals surface area contributed by atoms with Crippen LogP contribution in [0.25, 0.3) is 0 Å². The largest absolute Gasteiger partial charge is 0.376 e. The summed E-state index contributed by atoms with van der Waals surface area (Å²) in [7, 11) is 0. The quantitative estimate of drug-likeness (QED) is 0.682. The van der Waals surface area contributed by atoms with Crippen molar-refractivity contribution in [3.63, 3.8) is 0 Å². The Balaban J connectivity index is 1.81. The summed E-state index contributed by atoms with van der Waals surface area (Å²) in [5.41, 5.74) is 0. The van der Waals surface area contributed by atoms with Crippen LogP contribution in [-0.2, 0) is 4.74 Å². The van der Waals surface area contributed by atoms with Crippen LogP contribution in [0.4, 0.5) is 4.79 Å². The van der Waals surface area contributed by atoms with Gasteiger partial charge in [-0.3, -0.25) is 0 Å². The normalized spacial score (nSPS) is 32.2. The van der Waals surface area contributed by atoms with Crippen molar-refractivity contribution in [1.82, 2.24) is 10.2 Å². The van der Waals surface area contributed by atoms with Crippen LogP contribution in [0.2, 0.25) is 0 Å². The van der Waals surface area contributed by atoms with E-state index in [2.05, 4.69) is 5.32 Å². The van der Waals surface area contributed by atoms with Gasteiger partial charge in [-0.1, -0.05) is 0 Å². The van der Waals surface area contributed by atoms with Gasteiger partial charge in [0.25, 0.3) is 0 Å². The number of carbonyl (C=O) groups excluding carboxylic acids is 1. The third-order valence-electron chi connectivity index (χ3n) is 3.08. The standard InChI is InChI=1S/C10H18N2O2/c1-8-9(4-7-14-8)11-10(13)12-5-2-3-6-12/h8-9H,2-7H2,1H3,(H,11,13). The van der Waals surface area contributed by atoms with Crippen LogP contribution >= 0.6 is 0 Å². The molecule has 0 bridgehead atoms. The van der Waals surface area contributed by atoms with Gasteiger partial charge in [0, 0.05) is 19.7 Å². The van der Waals surface area contributed by atoms with Gasteiger partial charge in [0.15, 0.2) is 0 Å². The Bertz CT molecular complexity index is 214. The summed E-state index contributed by atoms with van der Waals surface area (Å²) in [6.45, 7) is 4.61. The molecule has 0 spiro atoms. The molecule has 2 atom stereocenters. The van der Waals surface area contributed by atoms with E-state index in [1.807, 2.05) is 11.8 Å². The molecule has 0 aromatic heterocycles. The fourth-order valence-corrected chi connectivity index (χ4v) is 2.09. The number of nitrogens with one attached hydrogen (secondary N) is 1. The summed E-state index contributed by atoms with van der Waals surface area (Å²) in [4.78, 5) is 13.6. The lowest BCUT2D eigenvalue weighted by atomic mass is 10.2. The molecule has 2 saturated heterocycles. The Hall–Kier alpha value is -0.770. The van der Waals surface area contributed by atoms with Gasteiger partial charge in [0.05, 0.1) is 12.1 Å². The van der Waals surface area contributed by atoms with Crippen molar-refractivity contribution in [2.75, 3.05) is 19.7 Å². The topological polar surface area (TPSA) is 41.6 Å². The van der Waals surface area contributed by atoms with Gasteiger partial charge in [0.2, 0.25) is 0 Å². The van der Waals surface area contributed by atoms with Crippen molar-refractivity contribution in [2.24, 2.45) is 0 Å². The molecule has 2 aliphatic rings. The van der Waals surface area contributed by atoms with Crippen LogP contribution in [0.5, 0.6) is 0 Å². The SMILES string of the molecule is CC1OCCC1NC(=O)N1CCCC1. The first-order chi connectivity index (χ1) is 6.77. The summed E-state index contributed by atoms with van der Waals surface area (Å²) in [5.74, 6) is 0. The molecule has 2 unspecified atom stereocenters. The number of carbonyl (C=O) groups is 1. The molecular weight excluding hydrogens is 180 g/mol. The fourth-order valence-electron chi connectivity index (χ4n) is 2.09. The predicted molar refractivity (Wildman–Crippen MR) is 53.2 cm³/mol. The van der Waals surface area contributed by atoms with E-state index in [4.69, 9.17) is 4.74 Å². The van der Waals surface area contributed by atoms with Gasteiger partial charge >= 0.3 is 6.03 Å². The van der Waals surface area contributed by atoms with Gasteiger partial charge in [-0.15, -0.1) is 0 Å². The number of rotatable bonds is 1. The van der Waals surface area contributed by atoms with Gasteiger partial charge in [-0.25, -0.2) is 4.79 Å². The Labute approximate surface area is 84.6 Å². The van der Waals surface area contributed by atoms with E-state index in [1.54, 1.807) is 0 Å². The molecule has 0 aromatic rings. The molecule has 0 aromatic carbocycles. The lowest BCUT2D eigenvalue weighted by Crippen LogP contribution is -2.46. The second kappa shape index (κ2) is 4.17. The predicted octanol–water partition coefficient (Wildman–Crippen LogP) is 0.969. The van der Waals surface area contributed by atoms with Crippen molar-refractivity contribution in [1.29, 1.82) is 0 Å². The number of amides is 2. The zero-order valence-electron chi connectivity index (χ0n) is 8.66. The molecule has 1 N–H and O–H groups in total. The first-order valence-corrected chi connectivity index (χ1v) is 5.44. The number of ether oxygens (including phenoxy) is 1. The molecule has 2 rings (SSSR count). The molecule has 2 amide bonds. The number of hydrogen-bond acceptors (Lipinski definition) is 2. The smallest absolute Gasteiger partial charge is 0.317 e. The maximum absolute atomic E-state index is 11.7. The second-order valence-corrected chi connectivity index (χ2v) is 4.11. The summed E-state index contributed by atoms with van der Waals surface area (Å²) >= 11 is 0. The van der Waals surface area contributed by atoms with Crippen molar-refractivity contribution in [3.05, 3.63) is 0 Å². The van der Waals surface area contributed by atoms with E-state index >= 15 is 0 Å². The van der Waals surface area contributed by atoms with E-state index in [1.165, 1.54) is 0 Å². The highest BCUT2D eigenvalue weighted by atomic mass is 16.5. The first kappa shape index (κ1) is 9.77. The molecule has 4 nitrogen and oxygen atoms in total. The van der Waals surface area contributed by atoms with Gasteiger partial charge in [-0.05, 0) is 26.2 Å². The highest BCUT2D eigenvalue weighted by molar-refractivity contribution is 5.74. The minimum Gasteiger partial charge on any atom is -0.376 e. The maximum atomic E-state index is 11.7. The monoisotopic (exact) mass is 198 g/mol. The van der Waals surface area contributed by atoms with Crippen LogP contribution in [0.15, 0.2) is 0 Å². The summed E-state index contributed by atoms with van der Waals surface area (Å²) < 4.78 is 5.40. The third kappa shape index (κ3) is 2.00. The molecule has 2 heterocycles. The summed E-state index contributed by atoms with van der Waals surface area (Å²) in [6.07, 6.45) is 3.40. The van der Waals surface area contributed by atoms with E-state index in [9.17, 15) is 4.79 Å². The number of nitrogens with zero attached hydrogens (tertiary/aromatic N) is 1. The minimum absolute atomic E-state index is 0.0878. The van der Waals surface area contributed by atoms with Crippen molar-refractivity contribution in [3.8, 4) is 0 Å². The summed E-state index contributed by atoms with van der Waals surface area (Å²) in [5, 5.41) is 3.03. The highest BCUT2D eigenvalue weighted by Crippen LogP contribution is 2.14. The number of likely N-dealkylation sites (tertiary alicyclic amines) is 1. The Morgan fingerprint density at radius 1 is 1.43 bits per heavy atom. The fraction of sp³-hybridized carbons (Fsp3) is 0.900. The van der Waals surface area contributed by atoms with E-state index in [0.29, 0.717) is 0 Å². The molecule has 80 valence electrons. The molecule has 0 saturated carbocycles. The van der Waals surface area contributed by atoms with E-state index in [-0.39, 0.29) is 18.2 Å². The number of urea groups is 1.